The summed E-state index contributed by atoms with van der Waals surface area (Å²) >= 11 is 5.23. The zero-order chi connectivity index (χ0) is 12.7. The van der Waals surface area contributed by atoms with Gasteiger partial charge in [0.1, 0.15) is 5.82 Å². The van der Waals surface area contributed by atoms with Crippen molar-refractivity contribution in [1.82, 2.24) is 14.9 Å². The van der Waals surface area contributed by atoms with Gasteiger partial charge in [-0.05, 0) is 36.8 Å². The number of imidazole rings is 1. The molecule has 94 valence electrons. The molecular weight excluding hydrogens is 253 g/mol. The maximum Gasteiger partial charge on any atom is 0.220 e. The van der Waals surface area contributed by atoms with Gasteiger partial charge in [-0.3, -0.25) is 4.79 Å². The Morgan fingerprint density at radius 2 is 2.33 bits per heavy atom. The molecule has 2 aromatic rings. The molecule has 1 fully saturated rings. The largest absolute Gasteiger partial charge is 0.352 e. The summed E-state index contributed by atoms with van der Waals surface area (Å²) in [5.74, 6) is -0.224. The fraction of sp³-hybridized carbons (Fsp3) is 0.333. The molecule has 0 radical (unpaired) electrons. The molecule has 0 saturated carbocycles. The Balaban J connectivity index is 2.00. The first kappa shape index (κ1) is 11.4. The minimum atomic E-state index is -0.291. The monoisotopic (exact) mass is 265 g/mol. The van der Waals surface area contributed by atoms with Gasteiger partial charge in [-0.1, -0.05) is 0 Å². The number of aromatic amines is 1. The molecule has 2 heterocycles. The molecule has 18 heavy (non-hydrogen) atoms. The van der Waals surface area contributed by atoms with Crippen molar-refractivity contribution < 1.29 is 9.18 Å². The van der Waals surface area contributed by atoms with Gasteiger partial charge in [0, 0.05) is 19.0 Å². The van der Waals surface area contributed by atoms with Crippen LogP contribution in [0, 0.1) is 10.6 Å². The van der Waals surface area contributed by atoms with Crippen LogP contribution in [0.1, 0.15) is 12.8 Å². The number of carbonyl (C=O) groups excluding carboxylic acids is 1. The van der Waals surface area contributed by atoms with E-state index in [4.69, 9.17) is 12.2 Å². The number of H-pyrrole nitrogens is 1. The molecule has 1 atom stereocenters. The molecule has 1 aromatic heterocycles. The first-order valence-corrected chi connectivity index (χ1v) is 6.22. The van der Waals surface area contributed by atoms with Gasteiger partial charge >= 0.3 is 0 Å². The van der Waals surface area contributed by atoms with Crippen LogP contribution in [-0.2, 0) is 11.3 Å². The van der Waals surface area contributed by atoms with Gasteiger partial charge in [0.15, 0.2) is 4.77 Å². The standard InChI is InChI=1S/C12H12FN3OS/c13-7-1-3-9-10(5-7)16(12(18)15-9)6-8-2-4-11(17)14-8/h1,3,5,8H,2,4,6H2,(H,14,17)(H,15,18). The highest BCUT2D eigenvalue weighted by Crippen LogP contribution is 2.18. The minimum Gasteiger partial charge on any atom is -0.352 e. The summed E-state index contributed by atoms with van der Waals surface area (Å²) in [6.07, 6.45) is 1.34. The van der Waals surface area contributed by atoms with Crippen LogP contribution in [0.15, 0.2) is 18.2 Å². The second-order valence-corrected chi connectivity index (χ2v) is 4.89. The SMILES string of the molecule is O=C1CCC(Cn2c(=S)[nH]c3ccc(F)cc32)N1. The summed E-state index contributed by atoms with van der Waals surface area (Å²) < 4.78 is 15.7. The van der Waals surface area contributed by atoms with Gasteiger partial charge in [-0.25, -0.2) is 4.39 Å². The van der Waals surface area contributed by atoms with E-state index < -0.39 is 0 Å². The number of aromatic nitrogens is 2. The van der Waals surface area contributed by atoms with Crippen LogP contribution in [-0.4, -0.2) is 21.5 Å². The summed E-state index contributed by atoms with van der Waals surface area (Å²) in [4.78, 5) is 14.2. The fourth-order valence-electron chi connectivity index (χ4n) is 2.34. The summed E-state index contributed by atoms with van der Waals surface area (Å²) in [6, 6.07) is 4.60. The van der Waals surface area contributed by atoms with E-state index in [-0.39, 0.29) is 17.8 Å². The maximum atomic E-state index is 13.3. The van der Waals surface area contributed by atoms with Gasteiger partial charge in [0.2, 0.25) is 5.91 Å². The lowest BCUT2D eigenvalue weighted by atomic mass is 10.2. The number of benzene rings is 1. The van der Waals surface area contributed by atoms with Crippen LogP contribution in [0.5, 0.6) is 0 Å². The van der Waals surface area contributed by atoms with Crippen molar-refractivity contribution in [3.63, 3.8) is 0 Å². The molecule has 6 heteroatoms. The van der Waals surface area contributed by atoms with E-state index in [1.165, 1.54) is 12.1 Å². The Labute approximate surface area is 108 Å². The lowest BCUT2D eigenvalue weighted by Crippen LogP contribution is -2.29. The lowest BCUT2D eigenvalue weighted by Gasteiger charge is -2.11. The van der Waals surface area contributed by atoms with Crippen LogP contribution in [0.2, 0.25) is 0 Å². The third kappa shape index (κ3) is 1.92. The molecule has 1 aromatic carbocycles. The van der Waals surface area contributed by atoms with Crippen molar-refractivity contribution in [2.45, 2.75) is 25.4 Å². The van der Waals surface area contributed by atoms with Crippen molar-refractivity contribution in [3.05, 3.63) is 28.8 Å². The number of hydrogen-bond donors (Lipinski definition) is 2. The first-order chi connectivity index (χ1) is 8.63. The van der Waals surface area contributed by atoms with Gasteiger partial charge < -0.3 is 14.9 Å². The molecular formula is C12H12FN3OS. The van der Waals surface area contributed by atoms with E-state index in [0.29, 0.717) is 17.7 Å². The Hall–Kier alpha value is -1.69. The average molecular weight is 265 g/mol. The number of halogens is 1. The van der Waals surface area contributed by atoms with E-state index >= 15 is 0 Å². The highest BCUT2D eigenvalue weighted by molar-refractivity contribution is 7.71. The van der Waals surface area contributed by atoms with Gasteiger partial charge in [0.05, 0.1) is 11.0 Å². The van der Waals surface area contributed by atoms with Crippen molar-refractivity contribution in [2.75, 3.05) is 0 Å². The summed E-state index contributed by atoms with van der Waals surface area (Å²) in [6.45, 7) is 0.577. The van der Waals surface area contributed by atoms with Crippen molar-refractivity contribution in [1.29, 1.82) is 0 Å². The second-order valence-electron chi connectivity index (χ2n) is 4.51. The second kappa shape index (κ2) is 4.20. The first-order valence-electron chi connectivity index (χ1n) is 5.81. The normalized spacial score (nSPS) is 19.4. The van der Waals surface area contributed by atoms with Crippen molar-refractivity contribution in [2.24, 2.45) is 0 Å². The molecule has 2 N–H and O–H groups in total. The highest BCUT2D eigenvalue weighted by Gasteiger charge is 2.21. The number of hydrogen-bond acceptors (Lipinski definition) is 2. The van der Waals surface area contributed by atoms with E-state index in [9.17, 15) is 9.18 Å². The minimum absolute atomic E-state index is 0.0672. The fourth-order valence-corrected chi connectivity index (χ4v) is 2.62. The quantitative estimate of drug-likeness (QED) is 0.817. The van der Waals surface area contributed by atoms with E-state index in [1.807, 2.05) is 4.57 Å². The number of fused-ring (bicyclic) bond motifs is 1. The number of rotatable bonds is 2. The van der Waals surface area contributed by atoms with Gasteiger partial charge in [0.25, 0.3) is 0 Å². The topological polar surface area (TPSA) is 49.8 Å². The van der Waals surface area contributed by atoms with Crippen molar-refractivity contribution in [3.8, 4) is 0 Å². The summed E-state index contributed by atoms with van der Waals surface area (Å²) in [5, 5.41) is 2.88. The molecule has 0 spiro atoms. The number of carbonyl (C=O) groups is 1. The Morgan fingerprint density at radius 3 is 3.06 bits per heavy atom. The average Bonchev–Trinajstić information content (AvgIpc) is 2.86. The molecule has 0 bridgehead atoms. The zero-order valence-electron chi connectivity index (χ0n) is 9.57. The van der Waals surface area contributed by atoms with Crippen LogP contribution in [0.4, 0.5) is 4.39 Å². The summed E-state index contributed by atoms with van der Waals surface area (Å²) in [5.41, 5.74) is 1.55. The van der Waals surface area contributed by atoms with E-state index in [2.05, 4.69) is 10.3 Å². The number of nitrogens with zero attached hydrogens (tertiary/aromatic N) is 1. The van der Waals surface area contributed by atoms with Crippen molar-refractivity contribution >= 4 is 29.2 Å². The molecule has 1 unspecified atom stereocenters. The van der Waals surface area contributed by atoms with Crippen LogP contribution >= 0.6 is 12.2 Å². The third-order valence-corrected chi connectivity index (χ3v) is 3.55. The molecule has 1 saturated heterocycles. The van der Waals surface area contributed by atoms with Crippen LogP contribution < -0.4 is 5.32 Å². The van der Waals surface area contributed by atoms with Crippen LogP contribution in [0.25, 0.3) is 11.0 Å². The highest BCUT2D eigenvalue weighted by atomic mass is 32.1. The Morgan fingerprint density at radius 1 is 1.50 bits per heavy atom. The maximum absolute atomic E-state index is 13.3. The van der Waals surface area contributed by atoms with Gasteiger partial charge in [-0.15, -0.1) is 0 Å². The summed E-state index contributed by atoms with van der Waals surface area (Å²) in [7, 11) is 0. The molecule has 1 aliphatic heterocycles. The molecule has 0 aliphatic carbocycles. The molecule has 4 nitrogen and oxygen atoms in total. The van der Waals surface area contributed by atoms with Gasteiger partial charge in [-0.2, -0.15) is 0 Å². The Bertz CT molecular complexity index is 676. The van der Waals surface area contributed by atoms with E-state index in [1.54, 1.807) is 6.07 Å². The van der Waals surface area contributed by atoms with E-state index in [0.717, 1.165) is 17.5 Å². The predicted molar refractivity (Wildman–Crippen MR) is 68.2 cm³/mol. The number of nitrogens with one attached hydrogen (secondary N) is 2. The molecule has 1 aliphatic rings. The predicted octanol–water partition coefficient (Wildman–Crippen LogP) is 2.12. The number of amides is 1. The van der Waals surface area contributed by atoms with Crippen LogP contribution in [0.3, 0.4) is 0 Å². The smallest absolute Gasteiger partial charge is 0.220 e. The Kier molecular flexibility index (Phi) is 2.66. The molecule has 3 rings (SSSR count). The third-order valence-electron chi connectivity index (χ3n) is 3.23. The molecule has 1 amide bonds. The lowest BCUT2D eigenvalue weighted by molar-refractivity contribution is -0.119. The zero-order valence-corrected chi connectivity index (χ0v) is 10.4.